The Morgan fingerprint density at radius 3 is 2.44 bits per heavy atom. The zero-order valence-corrected chi connectivity index (χ0v) is 12.5. The lowest BCUT2D eigenvalue weighted by atomic mass is 10.1. The lowest BCUT2D eigenvalue weighted by Gasteiger charge is -2.17. The maximum absolute atomic E-state index is 12.0. The van der Waals surface area contributed by atoms with Crippen LogP contribution in [0, 0.1) is 6.92 Å². The molecule has 1 aromatic rings. The number of carbonyl (C=O) groups excluding carboxylic acids is 1. The molecule has 0 fully saturated rings. The van der Waals surface area contributed by atoms with Crippen LogP contribution in [0.25, 0.3) is 0 Å². The van der Waals surface area contributed by atoms with Crippen molar-refractivity contribution in [3.63, 3.8) is 0 Å². The Morgan fingerprint density at radius 2 is 1.89 bits per heavy atom. The molecule has 0 saturated carbocycles. The van der Waals surface area contributed by atoms with Crippen molar-refractivity contribution in [2.45, 2.75) is 45.5 Å². The van der Waals surface area contributed by atoms with E-state index in [0.717, 1.165) is 12.0 Å². The fourth-order valence-corrected chi connectivity index (χ4v) is 2.49. The predicted octanol–water partition coefficient (Wildman–Crippen LogP) is 3.65. The van der Waals surface area contributed by atoms with Crippen molar-refractivity contribution >= 4 is 17.5 Å². The monoisotopic (exact) mass is 265 g/mol. The van der Waals surface area contributed by atoms with Crippen molar-refractivity contribution in [3.05, 3.63) is 35.4 Å². The maximum atomic E-state index is 12.0. The molecule has 1 N–H and O–H groups in total. The molecule has 0 saturated heterocycles. The molecule has 3 heteroatoms. The average Bonchev–Trinajstić information content (AvgIpc) is 2.36. The van der Waals surface area contributed by atoms with Crippen LogP contribution >= 0.6 is 11.8 Å². The first-order valence-corrected chi connectivity index (χ1v) is 7.55. The van der Waals surface area contributed by atoms with Gasteiger partial charge in [-0.2, -0.15) is 0 Å². The Labute approximate surface area is 115 Å². The zero-order valence-electron chi connectivity index (χ0n) is 11.7. The van der Waals surface area contributed by atoms with E-state index >= 15 is 0 Å². The molecule has 0 bridgehead atoms. The quantitative estimate of drug-likeness (QED) is 0.603. The summed E-state index contributed by atoms with van der Waals surface area (Å²) < 4.78 is 0. The van der Waals surface area contributed by atoms with Crippen LogP contribution < -0.4 is 5.32 Å². The molecule has 0 aliphatic carbocycles. The van der Waals surface area contributed by atoms with Gasteiger partial charge in [-0.25, -0.2) is 0 Å². The first-order chi connectivity index (χ1) is 8.52. The van der Waals surface area contributed by atoms with Crippen molar-refractivity contribution in [1.82, 2.24) is 5.32 Å². The number of nitrogens with one attached hydrogen (secondary N) is 1. The Balaban J connectivity index is 2.39. The molecule has 0 aliphatic heterocycles. The molecule has 0 aliphatic rings. The number of rotatable bonds is 7. The van der Waals surface area contributed by atoms with E-state index in [2.05, 4.69) is 26.1 Å². The molecule has 2 unspecified atom stereocenters. The fourth-order valence-electron chi connectivity index (χ4n) is 1.59. The van der Waals surface area contributed by atoms with E-state index in [-0.39, 0.29) is 5.78 Å². The summed E-state index contributed by atoms with van der Waals surface area (Å²) in [6.07, 6.45) is 1.11. The van der Waals surface area contributed by atoms with E-state index in [1.54, 1.807) is 11.8 Å². The number of benzene rings is 1. The highest BCUT2D eigenvalue weighted by Crippen LogP contribution is 2.13. The van der Waals surface area contributed by atoms with Crippen LogP contribution in [-0.2, 0) is 0 Å². The van der Waals surface area contributed by atoms with Crippen LogP contribution in [0.5, 0.6) is 0 Å². The van der Waals surface area contributed by atoms with Gasteiger partial charge >= 0.3 is 0 Å². The van der Waals surface area contributed by atoms with Crippen LogP contribution in [0.15, 0.2) is 24.3 Å². The van der Waals surface area contributed by atoms with E-state index in [1.165, 1.54) is 5.56 Å². The second-order valence-corrected chi connectivity index (χ2v) is 6.05. The Hall–Kier alpha value is -0.800. The van der Waals surface area contributed by atoms with Gasteiger partial charge in [0.2, 0.25) is 0 Å². The summed E-state index contributed by atoms with van der Waals surface area (Å²) in [7, 11) is 0. The lowest BCUT2D eigenvalue weighted by Crippen LogP contribution is -2.32. The minimum absolute atomic E-state index is 0.206. The Kier molecular flexibility index (Phi) is 6.44. The van der Waals surface area contributed by atoms with E-state index in [0.29, 0.717) is 17.2 Å². The van der Waals surface area contributed by atoms with Gasteiger partial charge in [0, 0.05) is 11.6 Å². The van der Waals surface area contributed by atoms with Crippen LogP contribution in [-0.4, -0.2) is 23.0 Å². The normalized spacial score (nSPS) is 14.2. The number of Topliss-reactive ketones (excluding diaryl/α,β-unsaturated/α-hetero) is 1. The molecule has 0 amide bonds. The molecule has 0 radical (unpaired) electrons. The molecule has 0 heterocycles. The topological polar surface area (TPSA) is 29.1 Å². The van der Waals surface area contributed by atoms with Crippen LogP contribution in [0.3, 0.4) is 0 Å². The van der Waals surface area contributed by atoms with Crippen molar-refractivity contribution in [2.75, 3.05) is 5.75 Å². The summed E-state index contributed by atoms with van der Waals surface area (Å²) in [5.74, 6) is 0.742. The summed E-state index contributed by atoms with van der Waals surface area (Å²) in [5.41, 5.74) is 2.00. The second-order valence-electron chi connectivity index (χ2n) is 4.72. The zero-order chi connectivity index (χ0) is 13.5. The Morgan fingerprint density at radius 1 is 1.28 bits per heavy atom. The highest BCUT2D eigenvalue weighted by Gasteiger charge is 2.10. The maximum Gasteiger partial charge on any atom is 0.172 e. The van der Waals surface area contributed by atoms with Gasteiger partial charge in [-0.1, -0.05) is 36.8 Å². The molecule has 0 spiro atoms. The first-order valence-electron chi connectivity index (χ1n) is 6.50. The highest BCUT2D eigenvalue weighted by atomic mass is 32.2. The van der Waals surface area contributed by atoms with Gasteiger partial charge in [0.05, 0.1) is 11.1 Å². The predicted molar refractivity (Wildman–Crippen MR) is 80.3 cm³/mol. The second kappa shape index (κ2) is 7.59. The van der Waals surface area contributed by atoms with Crippen molar-refractivity contribution in [1.29, 1.82) is 0 Å². The van der Waals surface area contributed by atoms with E-state index in [9.17, 15) is 4.79 Å². The molecule has 1 aromatic carbocycles. The average molecular weight is 265 g/mol. The third-order valence-corrected chi connectivity index (χ3v) is 4.03. The molecule has 1 rings (SSSR count). The largest absolute Gasteiger partial charge is 0.303 e. The number of carbonyl (C=O) groups is 1. The van der Waals surface area contributed by atoms with Gasteiger partial charge in [0.15, 0.2) is 5.78 Å². The van der Waals surface area contributed by atoms with Crippen molar-refractivity contribution < 1.29 is 4.79 Å². The number of hydrogen-bond acceptors (Lipinski definition) is 3. The van der Waals surface area contributed by atoms with E-state index < -0.39 is 0 Å². The molecular formula is C15H23NOS. The molecule has 2 nitrogen and oxygen atoms in total. The summed E-state index contributed by atoms with van der Waals surface area (Å²) in [6, 6.07) is 8.29. The smallest absolute Gasteiger partial charge is 0.172 e. The number of ketones is 1. The Bertz CT molecular complexity index is 375. The number of hydrogen-bond donors (Lipinski definition) is 1. The van der Waals surface area contributed by atoms with Gasteiger partial charge < -0.3 is 5.32 Å². The number of aryl methyl sites for hydroxylation is 1. The summed E-state index contributed by atoms with van der Waals surface area (Å²) >= 11 is 1.67. The van der Waals surface area contributed by atoms with Gasteiger partial charge in [0.1, 0.15) is 0 Å². The van der Waals surface area contributed by atoms with E-state index in [4.69, 9.17) is 0 Å². The molecule has 0 aromatic heterocycles. The van der Waals surface area contributed by atoms with Crippen LogP contribution in [0.4, 0.5) is 0 Å². The highest BCUT2D eigenvalue weighted by molar-refractivity contribution is 8.00. The van der Waals surface area contributed by atoms with Gasteiger partial charge in [0.25, 0.3) is 0 Å². The van der Waals surface area contributed by atoms with Gasteiger partial charge in [-0.15, -0.1) is 11.8 Å². The van der Waals surface area contributed by atoms with Crippen LogP contribution in [0.1, 0.15) is 43.1 Å². The van der Waals surface area contributed by atoms with Crippen LogP contribution in [0.2, 0.25) is 0 Å². The molecular weight excluding hydrogens is 242 g/mol. The third-order valence-electron chi connectivity index (χ3n) is 2.97. The number of thioether (sulfide) groups is 1. The fraction of sp³-hybridized carbons (Fsp3) is 0.533. The summed E-state index contributed by atoms with van der Waals surface area (Å²) in [5, 5.41) is 3.77. The van der Waals surface area contributed by atoms with Gasteiger partial charge in [-0.3, -0.25) is 4.79 Å². The molecule has 100 valence electrons. The first kappa shape index (κ1) is 15.3. The molecule has 2 atom stereocenters. The SMILES string of the molecule is CCC(C)NC(C)SCC(=O)c1ccc(C)cc1. The van der Waals surface area contributed by atoms with Crippen molar-refractivity contribution in [2.24, 2.45) is 0 Å². The standard InChI is InChI=1S/C15H23NOS/c1-5-12(3)16-13(4)18-10-15(17)14-8-6-11(2)7-9-14/h6-9,12-13,16H,5,10H2,1-4H3. The minimum Gasteiger partial charge on any atom is -0.303 e. The minimum atomic E-state index is 0.206. The van der Waals surface area contributed by atoms with Gasteiger partial charge in [-0.05, 0) is 27.2 Å². The third kappa shape index (κ3) is 5.23. The van der Waals surface area contributed by atoms with Crippen molar-refractivity contribution in [3.8, 4) is 0 Å². The molecule has 18 heavy (non-hydrogen) atoms. The summed E-state index contributed by atoms with van der Waals surface area (Å²) in [6.45, 7) is 8.46. The summed E-state index contributed by atoms with van der Waals surface area (Å²) in [4.78, 5) is 12.0. The lowest BCUT2D eigenvalue weighted by molar-refractivity contribution is 0.102. The van der Waals surface area contributed by atoms with E-state index in [1.807, 2.05) is 31.2 Å².